The topological polar surface area (TPSA) is 58.1 Å². The second kappa shape index (κ2) is 3.73. The summed E-state index contributed by atoms with van der Waals surface area (Å²) in [5.74, 6) is 0.611. The van der Waals surface area contributed by atoms with Gasteiger partial charge in [-0.1, -0.05) is 6.92 Å². The minimum Gasteiger partial charge on any atom is -0.331 e. The van der Waals surface area contributed by atoms with Gasteiger partial charge in [0.1, 0.15) is 0 Å². The van der Waals surface area contributed by atoms with Crippen molar-refractivity contribution in [1.82, 2.24) is 15.3 Å². The monoisotopic (exact) mass is 220 g/mol. The first-order valence-corrected chi connectivity index (χ1v) is 5.42. The van der Waals surface area contributed by atoms with E-state index in [2.05, 4.69) is 15.3 Å². The molecular formula is C11H16N4O. The van der Waals surface area contributed by atoms with E-state index in [4.69, 9.17) is 0 Å². The number of carbonyl (C=O) groups excluding carboxylic acids is 1. The Balaban J connectivity index is 2.21. The van der Waals surface area contributed by atoms with Crippen LogP contribution in [0.4, 0.5) is 10.6 Å². The maximum Gasteiger partial charge on any atom is 0.323 e. The lowest BCUT2D eigenvalue weighted by Gasteiger charge is -2.16. The normalized spacial score (nSPS) is 18.7. The van der Waals surface area contributed by atoms with Crippen LogP contribution in [0.2, 0.25) is 0 Å². The van der Waals surface area contributed by atoms with E-state index in [1.807, 2.05) is 20.8 Å². The van der Waals surface area contributed by atoms with Gasteiger partial charge in [0, 0.05) is 0 Å². The smallest absolute Gasteiger partial charge is 0.323 e. The molecule has 0 unspecified atom stereocenters. The summed E-state index contributed by atoms with van der Waals surface area (Å²) in [7, 11) is 0. The van der Waals surface area contributed by atoms with Crippen molar-refractivity contribution < 1.29 is 4.79 Å². The van der Waals surface area contributed by atoms with Gasteiger partial charge in [0.2, 0.25) is 0 Å². The van der Waals surface area contributed by atoms with Crippen molar-refractivity contribution in [2.75, 3.05) is 11.4 Å². The molecule has 0 radical (unpaired) electrons. The minimum atomic E-state index is -0.206. The summed E-state index contributed by atoms with van der Waals surface area (Å²) >= 11 is 0. The highest BCUT2D eigenvalue weighted by Crippen LogP contribution is 2.20. The largest absolute Gasteiger partial charge is 0.331 e. The fraction of sp³-hybridized carbons (Fsp3) is 0.545. The Hall–Kier alpha value is -1.65. The van der Waals surface area contributed by atoms with Gasteiger partial charge in [-0.25, -0.2) is 9.78 Å². The molecule has 1 aliphatic rings. The molecule has 0 bridgehead atoms. The number of carbonyl (C=O) groups is 1. The van der Waals surface area contributed by atoms with Gasteiger partial charge in [-0.3, -0.25) is 9.88 Å². The average molecular weight is 220 g/mol. The van der Waals surface area contributed by atoms with Crippen LogP contribution in [0.25, 0.3) is 0 Å². The third-order valence-electron chi connectivity index (χ3n) is 2.57. The van der Waals surface area contributed by atoms with E-state index in [0.717, 1.165) is 12.1 Å². The van der Waals surface area contributed by atoms with E-state index in [9.17, 15) is 4.79 Å². The van der Waals surface area contributed by atoms with Crippen LogP contribution < -0.4 is 10.2 Å². The van der Waals surface area contributed by atoms with Crippen LogP contribution in [0.15, 0.2) is 12.4 Å². The predicted octanol–water partition coefficient (Wildman–Crippen LogP) is 1.35. The summed E-state index contributed by atoms with van der Waals surface area (Å²) < 4.78 is 0. The highest BCUT2D eigenvalue weighted by Gasteiger charge is 2.36. The van der Waals surface area contributed by atoms with Gasteiger partial charge in [0.05, 0.1) is 30.2 Å². The van der Waals surface area contributed by atoms with Crippen LogP contribution >= 0.6 is 0 Å². The molecule has 1 N–H and O–H groups in total. The van der Waals surface area contributed by atoms with Gasteiger partial charge in [-0.05, 0) is 20.3 Å². The Kier molecular flexibility index (Phi) is 2.53. The number of anilines is 1. The second-order valence-electron chi connectivity index (χ2n) is 4.62. The molecule has 16 heavy (non-hydrogen) atoms. The van der Waals surface area contributed by atoms with Gasteiger partial charge in [0.15, 0.2) is 5.82 Å². The molecule has 2 rings (SSSR count). The van der Waals surface area contributed by atoms with Crippen molar-refractivity contribution in [3.8, 4) is 0 Å². The Bertz CT molecular complexity index is 399. The van der Waals surface area contributed by atoms with Crippen LogP contribution in [-0.4, -0.2) is 28.1 Å². The molecule has 0 aliphatic carbocycles. The van der Waals surface area contributed by atoms with Crippen molar-refractivity contribution in [3.05, 3.63) is 18.1 Å². The first kappa shape index (κ1) is 10.9. The Morgan fingerprint density at radius 3 is 2.62 bits per heavy atom. The summed E-state index contributed by atoms with van der Waals surface area (Å²) in [5.41, 5.74) is 0.727. The summed E-state index contributed by atoms with van der Waals surface area (Å²) in [6.45, 7) is 6.61. The van der Waals surface area contributed by atoms with Crippen molar-refractivity contribution in [3.63, 3.8) is 0 Å². The maximum atomic E-state index is 11.7. The lowest BCUT2D eigenvalue weighted by Crippen LogP contribution is -2.36. The molecule has 0 atom stereocenters. The molecule has 2 heterocycles. The molecule has 0 saturated carbocycles. The van der Waals surface area contributed by atoms with Crippen molar-refractivity contribution in [1.29, 1.82) is 0 Å². The number of hydrogen-bond donors (Lipinski definition) is 1. The van der Waals surface area contributed by atoms with E-state index in [1.165, 1.54) is 0 Å². The number of rotatable bonds is 2. The third kappa shape index (κ3) is 1.98. The van der Waals surface area contributed by atoms with Crippen LogP contribution in [-0.2, 0) is 6.42 Å². The molecule has 2 amide bonds. The molecule has 1 aromatic heterocycles. The van der Waals surface area contributed by atoms with Crippen molar-refractivity contribution in [2.45, 2.75) is 32.7 Å². The summed E-state index contributed by atoms with van der Waals surface area (Å²) in [6.07, 6.45) is 4.22. The molecule has 1 saturated heterocycles. The summed E-state index contributed by atoms with van der Waals surface area (Å²) in [6, 6.07) is -0.108. The molecule has 1 fully saturated rings. The zero-order valence-corrected chi connectivity index (χ0v) is 9.82. The molecule has 1 aromatic rings. The predicted molar refractivity (Wildman–Crippen MR) is 61.4 cm³/mol. The van der Waals surface area contributed by atoms with E-state index < -0.39 is 0 Å². The number of amides is 2. The Morgan fingerprint density at radius 1 is 1.44 bits per heavy atom. The number of aryl methyl sites for hydroxylation is 1. The number of urea groups is 1. The molecule has 0 spiro atoms. The highest BCUT2D eigenvalue weighted by atomic mass is 16.2. The number of nitrogens with zero attached hydrogens (tertiary/aromatic N) is 3. The standard InChI is InChI=1S/C11H16N4O/c1-4-8-5-13-9(6-12-8)15-7-11(2,3)14-10(15)16/h5-6H,4,7H2,1-3H3,(H,14,16). The fourth-order valence-corrected chi connectivity index (χ4v) is 1.72. The van der Waals surface area contributed by atoms with Crippen molar-refractivity contribution in [2.24, 2.45) is 0 Å². The molecule has 5 nitrogen and oxygen atoms in total. The molecule has 5 heteroatoms. The molecule has 86 valence electrons. The average Bonchev–Trinajstić information content (AvgIpc) is 2.52. The molecular weight excluding hydrogens is 204 g/mol. The number of nitrogens with one attached hydrogen (secondary N) is 1. The van der Waals surface area contributed by atoms with Gasteiger partial charge in [-0.15, -0.1) is 0 Å². The van der Waals surface area contributed by atoms with E-state index in [-0.39, 0.29) is 11.6 Å². The van der Waals surface area contributed by atoms with E-state index in [0.29, 0.717) is 12.4 Å². The van der Waals surface area contributed by atoms with Crippen LogP contribution in [0.3, 0.4) is 0 Å². The van der Waals surface area contributed by atoms with Gasteiger partial charge >= 0.3 is 6.03 Å². The lowest BCUT2D eigenvalue weighted by atomic mass is 10.1. The van der Waals surface area contributed by atoms with Crippen LogP contribution in [0, 0.1) is 0 Å². The van der Waals surface area contributed by atoms with Gasteiger partial charge < -0.3 is 5.32 Å². The lowest BCUT2D eigenvalue weighted by molar-refractivity contribution is 0.248. The van der Waals surface area contributed by atoms with Gasteiger partial charge in [0.25, 0.3) is 0 Å². The number of aromatic nitrogens is 2. The Morgan fingerprint density at radius 2 is 2.19 bits per heavy atom. The second-order valence-corrected chi connectivity index (χ2v) is 4.62. The summed E-state index contributed by atoms with van der Waals surface area (Å²) in [5, 5.41) is 2.89. The SMILES string of the molecule is CCc1cnc(N2CC(C)(C)NC2=O)cn1. The zero-order chi connectivity index (χ0) is 11.8. The van der Waals surface area contributed by atoms with Crippen LogP contribution in [0.1, 0.15) is 26.5 Å². The maximum absolute atomic E-state index is 11.7. The van der Waals surface area contributed by atoms with E-state index in [1.54, 1.807) is 17.3 Å². The van der Waals surface area contributed by atoms with Gasteiger partial charge in [-0.2, -0.15) is 0 Å². The first-order valence-electron chi connectivity index (χ1n) is 5.42. The minimum absolute atomic E-state index is 0.108. The fourth-order valence-electron chi connectivity index (χ4n) is 1.72. The highest BCUT2D eigenvalue weighted by molar-refractivity contribution is 5.94. The van der Waals surface area contributed by atoms with E-state index >= 15 is 0 Å². The number of hydrogen-bond acceptors (Lipinski definition) is 3. The zero-order valence-electron chi connectivity index (χ0n) is 9.82. The molecule has 1 aliphatic heterocycles. The molecule has 0 aromatic carbocycles. The third-order valence-corrected chi connectivity index (χ3v) is 2.57. The Labute approximate surface area is 94.9 Å². The summed E-state index contributed by atoms with van der Waals surface area (Å²) in [4.78, 5) is 21.8. The van der Waals surface area contributed by atoms with Crippen molar-refractivity contribution >= 4 is 11.8 Å². The quantitative estimate of drug-likeness (QED) is 0.818. The first-order chi connectivity index (χ1) is 7.52. The van der Waals surface area contributed by atoms with Crippen LogP contribution in [0.5, 0.6) is 0 Å².